The van der Waals surface area contributed by atoms with Crippen molar-refractivity contribution in [3.8, 4) is 11.4 Å². The Kier molecular flexibility index (Phi) is 5.25. The van der Waals surface area contributed by atoms with Crippen LogP contribution in [0.3, 0.4) is 0 Å². The Morgan fingerprint density at radius 1 is 1.20 bits per heavy atom. The third-order valence-electron chi connectivity index (χ3n) is 4.86. The number of nitrogens with one attached hydrogen (secondary N) is 1. The number of pyridine rings is 1. The molecule has 3 aromatic rings. The first-order chi connectivity index (χ1) is 14.6. The highest BCUT2D eigenvalue weighted by molar-refractivity contribution is 6.53. The van der Waals surface area contributed by atoms with E-state index in [1.165, 1.54) is 7.05 Å². The van der Waals surface area contributed by atoms with Gasteiger partial charge in [-0.1, -0.05) is 30.3 Å². The first-order valence-corrected chi connectivity index (χ1v) is 9.52. The summed E-state index contributed by atoms with van der Waals surface area (Å²) in [5, 5.41) is 7.21. The summed E-state index contributed by atoms with van der Waals surface area (Å²) in [5.74, 6) is -0.224. The van der Waals surface area contributed by atoms with E-state index in [9.17, 15) is 9.59 Å². The van der Waals surface area contributed by atoms with Crippen molar-refractivity contribution in [3.63, 3.8) is 0 Å². The summed E-state index contributed by atoms with van der Waals surface area (Å²) < 4.78 is 1.63. The highest BCUT2D eigenvalue weighted by atomic mass is 16.2. The number of nitrogens with two attached hydrogens (primary N) is 1. The van der Waals surface area contributed by atoms with E-state index >= 15 is 0 Å². The maximum atomic E-state index is 12.8. The lowest BCUT2D eigenvalue weighted by molar-refractivity contribution is -0.130. The van der Waals surface area contributed by atoms with Gasteiger partial charge in [-0.2, -0.15) is 0 Å². The van der Waals surface area contributed by atoms with E-state index in [0.717, 1.165) is 18.2 Å². The van der Waals surface area contributed by atoms with Crippen molar-refractivity contribution < 1.29 is 9.59 Å². The molecule has 152 valence electrons. The third-order valence-corrected chi connectivity index (χ3v) is 4.86. The number of aliphatic imine (C=N–C) groups is 1. The molecule has 1 aliphatic heterocycles. The zero-order valence-electron chi connectivity index (χ0n) is 16.4. The van der Waals surface area contributed by atoms with Gasteiger partial charge in [-0.05, 0) is 12.5 Å². The number of fused-ring (bicyclic) bond motifs is 1. The van der Waals surface area contributed by atoms with Crippen LogP contribution in [-0.4, -0.2) is 57.2 Å². The molecule has 3 N–H and O–H groups in total. The van der Waals surface area contributed by atoms with E-state index in [-0.39, 0.29) is 17.2 Å². The molecule has 0 aliphatic carbocycles. The number of likely N-dealkylation sites (tertiary alicyclic amines) is 1. The minimum absolute atomic E-state index is 0.0132. The van der Waals surface area contributed by atoms with Gasteiger partial charge < -0.3 is 16.0 Å². The number of benzene rings is 1. The van der Waals surface area contributed by atoms with Gasteiger partial charge in [0.15, 0.2) is 11.5 Å². The van der Waals surface area contributed by atoms with E-state index in [0.29, 0.717) is 30.2 Å². The second-order valence-electron chi connectivity index (χ2n) is 6.77. The fourth-order valence-electron chi connectivity index (χ4n) is 3.14. The fourth-order valence-corrected chi connectivity index (χ4v) is 3.14. The number of rotatable bonds is 5. The SMILES string of the molecule is CN=C(C(=O)Nc1ccn2nc(-c3ccccc3)nc2c1)C(=CN)C(=O)N1CCC1. The van der Waals surface area contributed by atoms with Crippen LogP contribution in [0.1, 0.15) is 6.42 Å². The highest BCUT2D eigenvalue weighted by Gasteiger charge is 2.29. The number of hydrogen-bond donors (Lipinski definition) is 2. The molecule has 1 fully saturated rings. The molecule has 2 amide bonds. The lowest BCUT2D eigenvalue weighted by Crippen LogP contribution is -2.45. The van der Waals surface area contributed by atoms with E-state index in [2.05, 4.69) is 20.4 Å². The van der Waals surface area contributed by atoms with Crippen molar-refractivity contribution in [3.05, 3.63) is 60.4 Å². The normalized spacial score (nSPS) is 14.5. The van der Waals surface area contributed by atoms with Crippen molar-refractivity contribution in [1.82, 2.24) is 19.5 Å². The second kappa shape index (κ2) is 8.16. The van der Waals surface area contributed by atoms with Gasteiger partial charge >= 0.3 is 0 Å². The van der Waals surface area contributed by atoms with Crippen LogP contribution in [0.4, 0.5) is 5.69 Å². The molecule has 2 aromatic heterocycles. The summed E-state index contributed by atoms with van der Waals surface area (Å²) in [4.78, 5) is 35.5. The average Bonchev–Trinajstić information content (AvgIpc) is 3.14. The largest absolute Gasteiger partial charge is 0.404 e. The maximum absolute atomic E-state index is 12.8. The molecule has 9 heteroatoms. The smallest absolute Gasteiger partial charge is 0.274 e. The Labute approximate surface area is 172 Å². The predicted octanol–water partition coefficient (Wildman–Crippen LogP) is 1.48. The predicted molar refractivity (Wildman–Crippen MR) is 114 cm³/mol. The molecule has 1 aliphatic rings. The number of amides is 2. The zero-order chi connectivity index (χ0) is 21.1. The molecule has 0 radical (unpaired) electrons. The Morgan fingerprint density at radius 3 is 2.60 bits per heavy atom. The van der Waals surface area contributed by atoms with Crippen LogP contribution in [0.25, 0.3) is 17.0 Å². The van der Waals surface area contributed by atoms with Crippen LogP contribution >= 0.6 is 0 Å². The number of carbonyl (C=O) groups is 2. The van der Waals surface area contributed by atoms with Crippen molar-refractivity contribution in [2.45, 2.75) is 6.42 Å². The lowest BCUT2D eigenvalue weighted by atomic mass is 10.1. The van der Waals surface area contributed by atoms with Crippen LogP contribution in [-0.2, 0) is 9.59 Å². The molecule has 0 bridgehead atoms. The van der Waals surface area contributed by atoms with Gasteiger partial charge in [-0.3, -0.25) is 14.6 Å². The minimum Gasteiger partial charge on any atom is -0.404 e. The molecule has 0 saturated carbocycles. The number of nitrogens with zero attached hydrogens (tertiary/aromatic N) is 5. The van der Waals surface area contributed by atoms with Crippen LogP contribution in [0.2, 0.25) is 0 Å². The van der Waals surface area contributed by atoms with Gasteiger partial charge in [0.25, 0.3) is 11.8 Å². The molecular formula is C21H21N7O2. The van der Waals surface area contributed by atoms with E-state index in [1.807, 2.05) is 30.3 Å². The monoisotopic (exact) mass is 403 g/mol. The molecule has 9 nitrogen and oxygen atoms in total. The highest BCUT2D eigenvalue weighted by Crippen LogP contribution is 2.18. The van der Waals surface area contributed by atoms with E-state index in [1.54, 1.807) is 27.7 Å². The third kappa shape index (κ3) is 3.64. The molecule has 1 saturated heterocycles. The van der Waals surface area contributed by atoms with Crippen LogP contribution in [0, 0.1) is 0 Å². The Morgan fingerprint density at radius 2 is 1.97 bits per heavy atom. The average molecular weight is 403 g/mol. The Bertz CT molecular complexity index is 1160. The van der Waals surface area contributed by atoms with Gasteiger partial charge in [-0.15, -0.1) is 5.10 Å². The Hall–Kier alpha value is -4.01. The van der Waals surface area contributed by atoms with Crippen molar-refractivity contribution in [2.75, 3.05) is 25.5 Å². The van der Waals surface area contributed by atoms with Gasteiger partial charge in [0.2, 0.25) is 0 Å². The van der Waals surface area contributed by atoms with Gasteiger partial charge in [0, 0.05) is 49.9 Å². The first-order valence-electron chi connectivity index (χ1n) is 9.52. The standard InChI is InChI=1S/C21H21N7O2/c1-23-18(16(13-22)21(30)27-9-5-10-27)20(29)24-15-8-11-28-17(12-15)25-19(26-28)14-6-3-2-4-7-14/h2-4,6-8,11-13H,5,9-10,22H2,1H3,(H,24,29). The number of carbonyl (C=O) groups excluding carboxylic acids is 2. The van der Waals surface area contributed by atoms with Crippen molar-refractivity contribution in [1.29, 1.82) is 0 Å². The van der Waals surface area contributed by atoms with Crippen molar-refractivity contribution in [2.24, 2.45) is 10.7 Å². The van der Waals surface area contributed by atoms with E-state index < -0.39 is 5.91 Å². The maximum Gasteiger partial charge on any atom is 0.274 e. The molecule has 0 spiro atoms. The van der Waals surface area contributed by atoms with Crippen LogP contribution in [0.5, 0.6) is 0 Å². The summed E-state index contributed by atoms with van der Waals surface area (Å²) in [7, 11) is 1.45. The van der Waals surface area contributed by atoms with Gasteiger partial charge in [0.05, 0.1) is 5.57 Å². The van der Waals surface area contributed by atoms with Crippen LogP contribution in [0.15, 0.2) is 65.4 Å². The molecular weight excluding hydrogens is 382 g/mol. The molecule has 4 rings (SSSR count). The fraction of sp³-hybridized carbons (Fsp3) is 0.190. The summed E-state index contributed by atoms with van der Waals surface area (Å²) in [6, 6.07) is 13.0. The number of aromatic nitrogens is 3. The second-order valence-corrected chi connectivity index (χ2v) is 6.77. The molecule has 1 aromatic carbocycles. The molecule has 0 atom stereocenters. The first kappa shape index (κ1) is 19.3. The number of anilines is 1. The molecule has 30 heavy (non-hydrogen) atoms. The van der Waals surface area contributed by atoms with Gasteiger partial charge in [0.1, 0.15) is 5.71 Å². The summed E-state index contributed by atoms with van der Waals surface area (Å²) in [6.45, 7) is 1.31. The van der Waals surface area contributed by atoms with Crippen molar-refractivity contribution >= 4 is 28.9 Å². The van der Waals surface area contributed by atoms with E-state index in [4.69, 9.17) is 5.73 Å². The summed E-state index contributed by atoms with van der Waals surface area (Å²) in [6.07, 6.45) is 3.78. The lowest BCUT2D eigenvalue weighted by Gasteiger charge is -2.31. The molecule has 0 unspecified atom stereocenters. The minimum atomic E-state index is -0.518. The van der Waals surface area contributed by atoms with Crippen LogP contribution < -0.4 is 11.1 Å². The zero-order valence-corrected chi connectivity index (χ0v) is 16.4. The summed E-state index contributed by atoms with van der Waals surface area (Å²) >= 11 is 0. The summed E-state index contributed by atoms with van der Waals surface area (Å²) in [5.41, 5.74) is 7.69. The quantitative estimate of drug-likeness (QED) is 0.494. The topological polar surface area (TPSA) is 118 Å². The molecule has 3 heterocycles. The van der Waals surface area contributed by atoms with Gasteiger partial charge in [-0.25, -0.2) is 9.50 Å². The number of hydrogen-bond acceptors (Lipinski definition) is 6. The Balaban J connectivity index is 1.55.